The zero-order valence-electron chi connectivity index (χ0n) is 17.5. The minimum absolute atomic E-state index is 0.354. The number of nitrogens with zero attached hydrogens (tertiary/aromatic N) is 1. The van der Waals surface area contributed by atoms with Gasteiger partial charge in [0, 0.05) is 32.0 Å². The molecule has 0 radical (unpaired) electrons. The maximum Gasteiger partial charge on any atom is 0.413 e. The van der Waals surface area contributed by atoms with Crippen molar-refractivity contribution in [1.29, 1.82) is 0 Å². The van der Waals surface area contributed by atoms with Crippen LogP contribution < -0.4 is 10.1 Å². The number of piperidine rings is 1. The molecule has 1 aromatic carbocycles. The normalized spacial score (nSPS) is 15.8. The van der Waals surface area contributed by atoms with Gasteiger partial charge in [0.05, 0.1) is 13.2 Å². The molecule has 0 spiro atoms. The van der Waals surface area contributed by atoms with Gasteiger partial charge in [0.1, 0.15) is 5.75 Å². The average Bonchev–Trinajstić information content (AvgIpc) is 2.71. The van der Waals surface area contributed by atoms with Crippen molar-refractivity contribution in [2.75, 3.05) is 38.7 Å². The molecule has 1 aliphatic rings. The number of carbonyl (C=O) groups is 1. The van der Waals surface area contributed by atoms with Crippen molar-refractivity contribution >= 4 is 11.8 Å². The maximum atomic E-state index is 12.4. The third kappa shape index (κ3) is 8.48. The molecule has 1 unspecified atom stereocenters. The molecule has 158 valence electrons. The van der Waals surface area contributed by atoms with E-state index in [2.05, 4.69) is 17.1 Å². The number of anilines is 1. The van der Waals surface area contributed by atoms with E-state index in [-0.39, 0.29) is 6.23 Å². The van der Waals surface area contributed by atoms with E-state index in [1.807, 2.05) is 24.3 Å². The standard InChI is InChI=1S/C22H36N2O4/c1-3-4-5-6-10-16-27-20-13-11-12-19(17-20)23-22(25)28-21(18-26-2)24-14-8-7-9-15-24/h11-13,17,21H,3-10,14-16,18H2,1-2H3,(H,23,25). The maximum absolute atomic E-state index is 12.4. The van der Waals surface area contributed by atoms with Gasteiger partial charge >= 0.3 is 6.09 Å². The Balaban J connectivity index is 1.78. The van der Waals surface area contributed by atoms with E-state index in [1.165, 1.54) is 32.1 Å². The Labute approximate surface area is 169 Å². The smallest absolute Gasteiger partial charge is 0.413 e. The van der Waals surface area contributed by atoms with Gasteiger partial charge in [-0.3, -0.25) is 10.2 Å². The minimum Gasteiger partial charge on any atom is -0.494 e. The molecule has 6 heteroatoms. The zero-order chi connectivity index (χ0) is 20.0. The van der Waals surface area contributed by atoms with E-state index in [0.717, 1.165) is 38.1 Å². The minimum atomic E-state index is -0.468. The first-order valence-electron chi connectivity index (χ1n) is 10.7. The molecule has 0 bridgehead atoms. The summed E-state index contributed by atoms with van der Waals surface area (Å²) in [7, 11) is 1.63. The Morgan fingerprint density at radius 1 is 1.14 bits per heavy atom. The summed E-state index contributed by atoms with van der Waals surface area (Å²) in [6.07, 6.45) is 8.69. The van der Waals surface area contributed by atoms with Crippen LogP contribution >= 0.6 is 0 Å². The van der Waals surface area contributed by atoms with Crippen molar-refractivity contribution in [2.45, 2.75) is 64.5 Å². The Kier molecular flexibility index (Phi) is 10.8. The lowest BCUT2D eigenvalue weighted by Gasteiger charge is -2.33. The first kappa shape index (κ1) is 22.5. The lowest BCUT2D eigenvalue weighted by molar-refractivity contribution is -0.0586. The van der Waals surface area contributed by atoms with Gasteiger partial charge in [0.25, 0.3) is 0 Å². The highest BCUT2D eigenvalue weighted by Gasteiger charge is 2.24. The van der Waals surface area contributed by atoms with Crippen LogP contribution in [0.1, 0.15) is 58.3 Å². The Hall–Kier alpha value is -1.79. The van der Waals surface area contributed by atoms with Gasteiger partial charge in [0.2, 0.25) is 0 Å². The van der Waals surface area contributed by atoms with Crippen molar-refractivity contribution in [2.24, 2.45) is 0 Å². The van der Waals surface area contributed by atoms with Crippen LogP contribution in [0, 0.1) is 0 Å². The van der Waals surface area contributed by atoms with Gasteiger partial charge in [-0.05, 0) is 31.4 Å². The zero-order valence-corrected chi connectivity index (χ0v) is 17.5. The highest BCUT2D eigenvalue weighted by atomic mass is 16.6. The Morgan fingerprint density at radius 3 is 2.68 bits per heavy atom. The van der Waals surface area contributed by atoms with E-state index < -0.39 is 6.09 Å². The molecule has 28 heavy (non-hydrogen) atoms. The lowest BCUT2D eigenvalue weighted by Crippen LogP contribution is -2.45. The van der Waals surface area contributed by atoms with Crippen molar-refractivity contribution in [3.63, 3.8) is 0 Å². The number of unbranched alkanes of at least 4 members (excludes halogenated alkanes) is 4. The summed E-state index contributed by atoms with van der Waals surface area (Å²) in [4.78, 5) is 14.5. The monoisotopic (exact) mass is 392 g/mol. The summed E-state index contributed by atoms with van der Waals surface area (Å²) < 4.78 is 16.7. The number of rotatable bonds is 12. The molecule has 0 aliphatic carbocycles. The summed E-state index contributed by atoms with van der Waals surface area (Å²) in [5, 5.41) is 2.81. The number of carbonyl (C=O) groups excluding carboxylic acids is 1. The van der Waals surface area contributed by atoms with Gasteiger partial charge in [-0.1, -0.05) is 45.1 Å². The van der Waals surface area contributed by atoms with E-state index in [1.54, 1.807) is 7.11 Å². The number of amides is 1. The largest absolute Gasteiger partial charge is 0.494 e. The predicted octanol–water partition coefficient (Wildman–Crippen LogP) is 5.04. The summed E-state index contributed by atoms with van der Waals surface area (Å²) in [6, 6.07) is 7.45. The van der Waals surface area contributed by atoms with Crippen LogP contribution in [0.15, 0.2) is 24.3 Å². The molecule has 1 saturated heterocycles. The predicted molar refractivity (Wildman–Crippen MR) is 112 cm³/mol. The fourth-order valence-corrected chi connectivity index (χ4v) is 3.39. The third-order valence-electron chi connectivity index (χ3n) is 4.95. The van der Waals surface area contributed by atoms with Crippen LogP contribution in [0.3, 0.4) is 0 Å². The van der Waals surface area contributed by atoms with Crippen LogP contribution in [0.25, 0.3) is 0 Å². The van der Waals surface area contributed by atoms with Gasteiger partial charge in [-0.15, -0.1) is 0 Å². The number of nitrogens with one attached hydrogen (secondary N) is 1. The quantitative estimate of drug-likeness (QED) is 0.505. The Morgan fingerprint density at radius 2 is 1.93 bits per heavy atom. The van der Waals surface area contributed by atoms with Crippen LogP contribution in [0.2, 0.25) is 0 Å². The van der Waals surface area contributed by atoms with E-state index in [4.69, 9.17) is 14.2 Å². The van der Waals surface area contributed by atoms with E-state index in [9.17, 15) is 4.79 Å². The number of hydrogen-bond donors (Lipinski definition) is 1. The number of likely N-dealkylation sites (tertiary alicyclic amines) is 1. The Bertz CT molecular complexity index is 561. The fourth-order valence-electron chi connectivity index (χ4n) is 3.39. The molecule has 1 aliphatic heterocycles. The molecule has 1 N–H and O–H groups in total. The fraction of sp³-hybridized carbons (Fsp3) is 0.682. The average molecular weight is 393 g/mol. The molecule has 1 amide bonds. The molecule has 2 rings (SSSR count). The molecule has 0 aromatic heterocycles. The van der Waals surface area contributed by atoms with Gasteiger partial charge < -0.3 is 14.2 Å². The van der Waals surface area contributed by atoms with E-state index >= 15 is 0 Å². The number of ether oxygens (including phenoxy) is 3. The SMILES string of the molecule is CCCCCCCOc1cccc(NC(=O)OC(COC)N2CCCCC2)c1. The third-order valence-corrected chi connectivity index (χ3v) is 4.95. The van der Waals surface area contributed by atoms with Crippen molar-refractivity contribution in [3.8, 4) is 5.75 Å². The molecule has 1 heterocycles. The first-order chi connectivity index (χ1) is 13.7. The second kappa shape index (κ2) is 13.4. The van der Waals surface area contributed by atoms with Gasteiger partial charge in [0.15, 0.2) is 6.23 Å². The molecular weight excluding hydrogens is 356 g/mol. The van der Waals surface area contributed by atoms with Crippen molar-refractivity contribution < 1.29 is 19.0 Å². The van der Waals surface area contributed by atoms with Crippen LogP contribution in [-0.4, -0.2) is 50.6 Å². The second-order valence-electron chi connectivity index (χ2n) is 7.33. The van der Waals surface area contributed by atoms with Crippen molar-refractivity contribution in [3.05, 3.63) is 24.3 Å². The van der Waals surface area contributed by atoms with Crippen LogP contribution in [0.5, 0.6) is 5.75 Å². The molecule has 6 nitrogen and oxygen atoms in total. The lowest BCUT2D eigenvalue weighted by atomic mass is 10.1. The molecule has 1 fully saturated rings. The summed E-state index contributed by atoms with van der Waals surface area (Å²) in [5.74, 6) is 0.762. The van der Waals surface area contributed by atoms with E-state index in [0.29, 0.717) is 18.9 Å². The highest BCUT2D eigenvalue weighted by molar-refractivity contribution is 5.84. The summed E-state index contributed by atoms with van der Waals surface area (Å²) in [5.41, 5.74) is 0.670. The van der Waals surface area contributed by atoms with Crippen molar-refractivity contribution in [1.82, 2.24) is 4.90 Å². The molecule has 0 saturated carbocycles. The van der Waals surface area contributed by atoms with Gasteiger partial charge in [-0.25, -0.2) is 4.79 Å². The highest BCUT2D eigenvalue weighted by Crippen LogP contribution is 2.19. The molecular formula is C22H36N2O4. The first-order valence-corrected chi connectivity index (χ1v) is 10.7. The summed E-state index contributed by atoms with van der Waals surface area (Å²) >= 11 is 0. The number of benzene rings is 1. The topological polar surface area (TPSA) is 60.0 Å². The number of hydrogen-bond acceptors (Lipinski definition) is 5. The van der Waals surface area contributed by atoms with Crippen LogP contribution in [-0.2, 0) is 9.47 Å². The number of methoxy groups -OCH3 is 1. The second-order valence-corrected chi connectivity index (χ2v) is 7.33. The van der Waals surface area contributed by atoms with Crippen LogP contribution in [0.4, 0.5) is 10.5 Å². The van der Waals surface area contributed by atoms with Gasteiger partial charge in [-0.2, -0.15) is 0 Å². The summed E-state index contributed by atoms with van der Waals surface area (Å²) in [6.45, 7) is 5.15. The molecule has 1 atom stereocenters. The molecule has 1 aromatic rings.